The van der Waals surface area contributed by atoms with Gasteiger partial charge in [0.25, 0.3) is 11.8 Å². The lowest BCUT2D eigenvalue weighted by atomic mass is 9.72. The van der Waals surface area contributed by atoms with Crippen LogP contribution < -0.4 is 11.1 Å². The highest BCUT2D eigenvalue weighted by atomic mass is 35.5. The predicted molar refractivity (Wildman–Crippen MR) is 160 cm³/mol. The molecule has 0 saturated heterocycles. The number of fused-ring (bicyclic) bond motifs is 1. The summed E-state index contributed by atoms with van der Waals surface area (Å²) >= 11 is 12.8. The van der Waals surface area contributed by atoms with Crippen molar-refractivity contribution in [1.29, 1.82) is 0 Å². The third-order valence-corrected chi connectivity index (χ3v) is 10.6. The molecule has 3 aliphatic rings. The molecule has 1 aliphatic heterocycles. The minimum atomic E-state index is -1.49. The van der Waals surface area contributed by atoms with E-state index in [0.717, 1.165) is 30.6 Å². The van der Waals surface area contributed by atoms with Crippen molar-refractivity contribution < 1.29 is 28.3 Å². The third-order valence-electron chi connectivity index (χ3n) is 9.75. The van der Waals surface area contributed by atoms with E-state index < -0.39 is 64.1 Å². The lowest BCUT2D eigenvalue weighted by molar-refractivity contribution is -0.128. The zero-order chi connectivity index (χ0) is 31.5. The molecule has 2 saturated carbocycles. The zero-order valence-electron chi connectivity index (χ0n) is 24.6. The van der Waals surface area contributed by atoms with Gasteiger partial charge in [0.2, 0.25) is 5.91 Å². The van der Waals surface area contributed by atoms with Gasteiger partial charge in [0.05, 0.1) is 33.3 Å². The molecule has 1 unspecified atom stereocenters. The number of carbonyl (C=O) groups excluding carboxylic acids is 4. The Morgan fingerprint density at radius 2 is 1.65 bits per heavy atom. The van der Waals surface area contributed by atoms with Gasteiger partial charge >= 0.3 is 6.09 Å². The number of imide groups is 1. The summed E-state index contributed by atoms with van der Waals surface area (Å²) < 4.78 is 21.2. The molecule has 4 amide bonds. The number of carbonyl (C=O) groups is 4. The highest BCUT2D eigenvalue weighted by Gasteiger charge is 2.63. The van der Waals surface area contributed by atoms with Gasteiger partial charge in [0, 0.05) is 23.3 Å². The Morgan fingerprint density at radius 3 is 2.19 bits per heavy atom. The van der Waals surface area contributed by atoms with Crippen LogP contribution in [-0.2, 0) is 9.53 Å². The van der Waals surface area contributed by atoms with Crippen molar-refractivity contribution in [2.45, 2.75) is 83.9 Å². The van der Waals surface area contributed by atoms with E-state index in [1.165, 1.54) is 12.1 Å². The van der Waals surface area contributed by atoms with E-state index in [1.54, 1.807) is 24.3 Å². The average Bonchev–Trinajstić information content (AvgIpc) is 3.61. The molecule has 230 valence electrons. The molecule has 11 heteroatoms. The molecule has 4 atom stereocenters. The standard InChI is InChI=1S/C32H36Cl2FN3O5/c1-30(2,3)32(43-29(36)42)16-17(15-22(32)38-27(40)18-9-5-6-10-19(18)28(38)41)26(39)37-25(31(4)13-7-8-14-31)23-21(35)12-11-20(33)24(23)34/h5-6,9-12,17,22,25H,7-8,13-16H2,1-4H3,(H2,36,42)(H,37,39)/t17?,22-,25+,32-/m0/s1. The average molecular weight is 633 g/mol. The van der Waals surface area contributed by atoms with Crippen LogP contribution in [0.25, 0.3) is 0 Å². The molecule has 2 aromatic rings. The summed E-state index contributed by atoms with van der Waals surface area (Å²) in [6.45, 7) is 7.42. The Morgan fingerprint density at radius 1 is 1.07 bits per heavy atom. The maximum absolute atomic E-state index is 15.4. The first-order valence-electron chi connectivity index (χ1n) is 14.5. The number of benzene rings is 2. The van der Waals surface area contributed by atoms with Crippen molar-refractivity contribution in [3.05, 3.63) is 69.0 Å². The van der Waals surface area contributed by atoms with E-state index in [9.17, 15) is 19.2 Å². The minimum absolute atomic E-state index is 0.0110. The highest BCUT2D eigenvalue weighted by Crippen LogP contribution is 2.54. The molecular formula is C32H36Cl2FN3O5. The number of nitrogens with one attached hydrogen (secondary N) is 1. The second-order valence-corrected chi connectivity index (χ2v) is 14.1. The second kappa shape index (κ2) is 11.1. The SMILES string of the molecule is CC1([C@H](NC(=O)C2C[C@H](N3C(=O)c4ccccc4C3=O)[C@](OC(N)=O)(C(C)(C)C)C2)c2c(F)ccc(Cl)c2Cl)CCCC1. The van der Waals surface area contributed by atoms with Crippen molar-refractivity contribution in [2.75, 3.05) is 0 Å². The molecule has 8 nitrogen and oxygen atoms in total. The monoisotopic (exact) mass is 631 g/mol. The summed E-state index contributed by atoms with van der Waals surface area (Å²) in [7, 11) is 0. The number of nitrogens with two attached hydrogens (primary N) is 1. The van der Waals surface area contributed by atoms with Gasteiger partial charge < -0.3 is 15.8 Å². The first-order valence-corrected chi connectivity index (χ1v) is 15.3. The smallest absolute Gasteiger partial charge is 0.405 e. The van der Waals surface area contributed by atoms with Crippen molar-refractivity contribution in [1.82, 2.24) is 10.2 Å². The summed E-state index contributed by atoms with van der Waals surface area (Å²) in [4.78, 5) is 54.9. The molecule has 2 fully saturated rings. The van der Waals surface area contributed by atoms with Crippen molar-refractivity contribution in [2.24, 2.45) is 22.5 Å². The fraction of sp³-hybridized carbons (Fsp3) is 0.500. The third kappa shape index (κ3) is 5.18. The van der Waals surface area contributed by atoms with E-state index in [0.29, 0.717) is 0 Å². The number of hydrogen-bond acceptors (Lipinski definition) is 5. The Kier molecular flexibility index (Phi) is 8.05. The first kappa shape index (κ1) is 31.3. The molecule has 5 rings (SSSR count). The van der Waals surface area contributed by atoms with Gasteiger partial charge in [-0.2, -0.15) is 0 Å². The van der Waals surface area contributed by atoms with Gasteiger partial charge in [-0.25, -0.2) is 9.18 Å². The summed E-state index contributed by atoms with van der Waals surface area (Å²) in [6.07, 6.45) is 2.21. The molecular weight excluding hydrogens is 596 g/mol. The van der Waals surface area contributed by atoms with Gasteiger partial charge in [-0.1, -0.05) is 75.9 Å². The summed E-state index contributed by atoms with van der Waals surface area (Å²) in [5.41, 5.74) is 3.33. The van der Waals surface area contributed by atoms with E-state index in [1.807, 2.05) is 27.7 Å². The number of amides is 4. The lowest BCUT2D eigenvalue weighted by Gasteiger charge is -2.47. The Balaban J connectivity index is 1.55. The quantitative estimate of drug-likeness (QED) is 0.268. The molecule has 0 radical (unpaired) electrons. The molecule has 2 aliphatic carbocycles. The molecule has 43 heavy (non-hydrogen) atoms. The van der Waals surface area contributed by atoms with Crippen molar-refractivity contribution >= 4 is 47.0 Å². The minimum Gasteiger partial charge on any atom is -0.440 e. The van der Waals surface area contributed by atoms with Crippen LogP contribution in [0.2, 0.25) is 10.0 Å². The van der Waals surface area contributed by atoms with Gasteiger partial charge in [-0.3, -0.25) is 19.3 Å². The van der Waals surface area contributed by atoms with Crippen LogP contribution in [0.5, 0.6) is 0 Å². The van der Waals surface area contributed by atoms with Crippen LogP contribution in [0, 0.1) is 22.6 Å². The van der Waals surface area contributed by atoms with Crippen molar-refractivity contribution in [3.63, 3.8) is 0 Å². The summed E-state index contributed by atoms with van der Waals surface area (Å²) in [5, 5.41) is 3.29. The van der Waals surface area contributed by atoms with E-state index in [2.05, 4.69) is 5.32 Å². The Labute approximate surface area is 260 Å². The van der Waals surface area contributed by atoms with Crippen LogP contribution >= 0.6 is 23.2 Å². The zero-order valence-corrected chi connectivity index (χ0v) is 26.2. The van der Waals surface area contributed by atoms with Gasteiger partial charge in [0.15, 0.2) is 0 Å². The van der Waals surface area contributed by atoms with E-state index in [4.69, 9.17) is 33.7 Å². The largest absolute Gasteiger partial charge is 0.440 e. The second-order valence-electron chi connectivity index (χ2n) is 13.3. The lowest BCUT2D eigenvalue weighted by Crippen LogP contribution is -2.60. The highest BCUT2D eigenvalue weighted by molar-refractivity contribution is 6.42. The number of primary amides is 1. The fourth-order valence-electron chi connectivity index (χ4n) is 7.43. The first-order chi connectivity index (χ1) is 20.1. The van der Waals surface area contributed by atoms with Crippen LogP contribution in [0.15, 0.2) is 36.4 Å². The molecule has 0 spiro atoms. The van der Waals surface area contributed by atoms with Crippen LogP contribution in [0.4, 0.5) is 9.18 Å². The van der Waals surface area contributed by atoms with Gasteiger partial charge in [-0.15, -0.1) is 0 Å². The molecule has 0 aromatic heterocycles. The van der Waals surface area contributed by atoms with E-state index in [-0.39, 0.29) is 39.6 Å². The summed E-state index contributed by atoms with van der Waals surface area (Å²) in [6, 6.07) is 7.29. The fourth-order valence-corrected chi connectivity index (χ4v) is 7.86. The number of hydrogen-bond donors (Lipinski definition) is 2. The molecule has 0 bridgehead atoms. The topological polar surface area (TPSA) is 119 Å². The van der Waals surface area contributed by atoms with Crippen molar-refractivity contribution in [3.8, 4) is 0 Å². The Bertz CT molecular complexity index is 1470. The van der Waals surface area contributed by atoms with Crippen LogP contribution in [-0.4, -0.2) is 40.4 Å². The molecule has 3 N–H and O–H groups in total. The molecule has 2 aromatic carbocycles. The van der Waals surface area contributed by atoms with E-state index >= 15 is 4.39 Å². The van der Waals surface area contributed by atoms with Crippen LogP contribution in [0.3, 0.4) is 0 Å². The van der Waals surface area contributed by atoms with Gasteiger partial charge in [0.1, 0.15) is 11.4 Å². The molecule has 1 heterocycles. The number of ether oxygens (including phenoxy) is 1. The summed E-state index contributed by atoms with van der Waals surface area (Å²) in [5.74, 6) is -2.89. The van der Waals surface area contributed by atoms with Gasteiger partial charge in [-0.05, 0) is 48.9 Å². The normalized spacial score (nSPS) is 25.5. The number of rotatable bonds is 6. The maximum Gasteiger partial charge on any atom is 0.405 e. The Hall–Kier alpha value is -3.17. The maximum atomic E-state index is 15.4. The number of halogens is 3. The van der Waals surface area contributed by atoms with Crippen LogP contribution in [0.1, 0.15) is 98.5 Å². The number of nitrogens with zero attached hydrogens (tertiary/aromatic N) is 1. The predicted octanol–water partition coefficient (Wildman–Crippen LogP) is 6.83.